The van der Waals surface area contributed by atoms with Crippen molar-refractivity contribution in [1.82, 2.24) is 20.1 Å². The summed E-state index contributed by atoms with van der Waals surface area (Å²) in [5.41, 5.74) is 1.57. The highest BCUT2D eigenvalue weighted by molar-refractivity contribution is 7.99. The number of carbonyl (C=O) groups is 2. The second-order valence-corrected chi connectivity index (χ2v) is 8.22. The van der Waals surface area contributed by atoms with Crippen LogP contribution in [-0.2, 0) is 11.8 Å². The van der Waals surface area contributed by atoms with Crippen LogP contribution in [0, 0.1) is 12.7 Å². The minimum atomic E-state index is -0.431. The van der Waals surface area contributed by atoms with Gasteiger partial charge in [-0.05, 0) is 43.7 Å². The predicted octanol–water partition coefficient (Wildman–Crippen LogP) is 4.14. The molecule has 1 atom stereocenters. The number of halogens is 2. The van der Waals surface area contributed by atoms with Crippen LogP contribution in [0.15, 0.2) is 47.6 Å². The van der Waals surface area contributed by atoms with E-state index >= 15 is 0 Å². The standard InChI is InChI=1S/C21H21ClFN5O2S/c1-12-8-9-14(23)10-17(12)25-18(29)11-31-21-27-26-19(28(21)3)13(2)24-20(30)15-6-4-5-7-16(15)22/h4-10,13H,11H2,1-3H3,(H,24,30)(H,25,29)/t13-/m1/s1. The van der Waals surface area contributed by atoms with Crippen molar-refractivity contribution in [2.24, 2.45) is 7.05 Å². The largest absolute Gasteiger partial charge is 0.342 e. The molecule has 1 heterocycles. The number of hydrogen-bond acceptors (Lipinski definition) is 5. The number of amides is 2. The summed E-state index contributed by atoms with van der Waals surface area (Å²) >= 11 is 7.27. The first-order valence-electron chi connectivity index (χ1n) is 9.39. The molecule has 2 amide bonds. The molecule has 31 heavy (non-hydrogen) atoms. The second-order valence-electron chi connectivity index (χ2n) is 6.87. The summed E-state index contributed by atoms with van der Waals surface area (Å²) in [5, 5.41) is 14.7. The van der Waals surface area contributed by atoms with Crippen LogP contribution >= 0.6 is 23.4 Å². The molecule has 7 nitrogen and oxygen atoms in total. The van der Waals surface area contributed by atoms with Gasteiger partial charge in [0.2, 0.25) is 5.91 Å². The van der Waals surface area contributed by atoms with E-state index in [0.29, 0.717) is 27.3 Å². The van der Waals surface area contributed by atoms with E-state index in [1.807, 2.05) is 0 Å². The first-order valence-corrected chi connectivity index (χ1v) is 10.8. The summed E-state index contributed by atoms with van der Waals surface area (Å²) in [6.07, 6.45) is 0. The summed E-state index contributed by atoms with van der Waals surface area (Å²) in [4.78, 5) is 24.7. The van der Waals surface area contributed by atoms with E-state index in [9.17, 15) is 14.0 Å². The lowest BCUT2D eigenvalue weighted by molar-refractivity contribution is -0.113. The minimum Gasteiger partial charge on any atom is -0.342 e. The Morgan fingerprint density at radius 1 is 1.23 bits per heavy atom. The van der Waals surface area contributed by atoms with Crippen LogP contribution in [0.2, 0.25) is 5.02 Å². The van der Waals surface area contributed by atoms with Gasteiger partial charge in [0.05, 0.1) is 22.4 Å². The lowest BCUT2D eigenvalue weighted by atomic mass is 10.2. The molecule has 3 rings (SSSR count). The van der Waals surface area contributed by atoms with Crippen molar-refractivity contribution < 1.29 is 14.0 Å². The highest BCUT2D eigenvalue weighted by Crippen LogP contribution is 2.22. The van der Waals surface area contributed by atoms with E-state index in [-0.39, 0.29) is 17.6 Å². The number of rotatable bonds is 7. The van der Waals surface area contributed by atoms with E-state index in [2.05, 4.69) is 20.8 Å². The number of hydrogen-bond donors (Lipinski definition) is 2. The molecule has 0 unspecified atom stereocenters. The Morgan fingerprint density at radius 3 is 2.71 bits per heavy atom. The molecule has 0 bridgehead atoms. The van der Waals surface area contributed by atoms with Gasteiger partial charge < -0.3 is 15.2 Å². The average Bonchev–Trinajstić information content (AvgIpc) is 3.10. The number of aryl methyl sites for hydroxylation is 1. The fourth-order valence-corrected chi connectivity index (χ4v) is 3.80. The van der Waals surface area contributed by atoms with Crippen molar-refractivity contribution in [3.05, 3.63) is 70.3 Å². The molecule has 162 valence electrons. The second kappa shape index (κ2) is 9.93. The lowest BCUT2D eigenvalue weighted by Crippen LogP contribution is -2.28. The van der Waals surface area contributed by atoms with Gasteiger partial charge in [0.1, 0.15) is 5.82 Å². The lowest BCUT2D eigenvalue weighted by Gasteiger charge is -2.14. The Morgan fingerprint density at radius 2 is 1.97 bits per heavy atom. The van der Waals surface area contributed by atoms with Crippen molar-refractivity contribution in [2.75, 3.05) is 11.1 Å². The summed E-state index contributed by atoms with van der Waals surface area (Å²) in [7, 11) is 1.75. The summed E-state index contributed by atoms with van der Waals surface area (Å²) < 4.78 is 15.1. The fraction of sp³-hybridized carbons (Fsp3) is 0.238. The number of carbonyl (C=O) groups excluding carboxylic acids is 2. The highest BCUT2D eigenvalue weighted by atomic mass is 35.5. The molecule has 0 spiro atoms. The Labute approximate surface area is 188 Å². The molecular formula is C21H21ClFN5O2S. The summed E-state index contributed by atoms with van der Waals surface area (Å²) in [6.45, 7) is 3.57. The average molecular weight is 462 g/mol. The quantitative estimate of drug-likeness (QED) is 0.516. The smallest absolute Gasteiger partial charge is 0.253 e. The van der Waals surface area contributed by atoms with Crippen LogP contribution in [0.4, 0.5) is 10.1 Å². The van der Waals surface area contributed by atoms with Crippen molar-refractivity contribution in [3.8, 4) is 0 Å². The van der Waals surface area contributed by atoms with E-state index in [4.69, 9.17) is 11.6 Å². The zero-order valence-electron chi connectivity index (χ0n) is 17.1. The zero-order valence-corrected chi connectivity index (χ0v) is 18.7. The maximum absolute atomic E-state index is 13.4. The maximum Gasteiger partial charge on any atom is 0.253 e. The van der Waals surface area contributed by atoms with Crippen LogP contribution in [0.25, 0.3) is 0 Å². The van der Waals surface area contributed by atoms with Gasteiger partial charge in [-0.25, -0.2) is 4.39 Å². The van der Waals surface area contributed by atoms with E-state index in [0.717, 1.165) is 5.56 Å². The SMILES string of the molecule is Cc1ccc(F)cc1NC(=O)CSc1nnc([C@@H](C)NC(=O)c2ccccc2Cl)n1C. The van der Waals surface area contributed by atoms with Crippen LogP contribution < -0.4 is 10.6 Å². The third-order valence-corrected chi connectivity index (χ3v) is 5.88. The van der Waals surface area contributed by atoms with Crippen LogP contribution in [0.1, 0.15) is 34.7 Å². The molecule has 0 aliphatic heterocycles. The number of nitrogens with one attached hydrogen (secondary N) is 2. The Balaban J connectivity index is 1.60. The van der Waals surface area contributed by atoms with E-state index < -0.39 is 11.9 Å². The summed E-state index contributed by atoms with van der Waals surface area (Å²) in [6, 6.07) is 10.6. The molecule has 2 N–H and O–H groups in total. The molecule has 0 saturated heterocycles. The maximum atomic E-state index is 13.4. The van der Waals surface area contributed by atoms with Gasteiger partial charge in [0.25, 0.3) is 5.91 Å². The molecule has 2 aromatic carbocycles. The van der Waals surface area contributed by atoms with Gasteiger partial charge in [-0.1, -0.05) is 41.6 Å². The molecule has 0 radical (unpaired) electrons. The molecule has 10 heteroatoms. The normalized spacial score (nSPS) is 11.8. The molecule has 0 aliphatic carbocycles. The summed E-state index contributed by atoms with van der Waals surface area (Å²) in [5.74, 6) is -0.422. The monoisotopic (exact) mass is 461 g/mol. The number of nitrogens with zero attached hydrogens (tertiary/aromatic N) is 3. The third-order valence-electron chi connectivity index (χ3n) is 4.53. The van der Waals surface area contributed by atoms with Crippen LogP contribution in [-0.4, -0.2) is 32.3 Å². The number of thioether (sulfide) groups is 1. The molecule has 0 fully saturated rings. The van der Waals surface area contributed by atoms with Crippen LogP contribution in [0.3, 0.4) is 0 Å². The van der Waals surface area contributed by atoms with E-state index in [1.54, 1.807) is 55.8 Å². The molecular weight excluding hydrogens is 441 g/mol. The number of anilines is 1. The van der Waals surface area contributed by atoms with Crippen molar-refractivity contribution in [2.45, 2.75) is 25.0 Å². The van der Waals surface area contributed by atoms with Crippen LogP contribution in [0.5, 0.6) is 0 Å². The first kappa shape index (κ1) is 22.8. The number of aromatic nitrogens is 3. The first-order chi connectivity index (χ1) is 14.8. The Bertz CT molecular complexity index is 1120. The molecule has 3 aromatic rings. The predicted molar refractivity (Wildman–Crippen MR) is 119 cm³/mol. The zero-order chi connectivity index (χ0) is 22.5. The van der Waals surface area contributed by atoms with Crippen molar-refractivity contribution in [1.29, 1.82) is 0 Å². The van der Waals surface area contributed by atoms with Gasteiger partial charge in [0.15, 0.2) is 11.0 Å². The van der Waals surface area contributed by atoms with Gasteiger partial charge >= 0.3 is 0 Å². The van der Waals surface area contributed by atoms with Crippen molar-refractivity contribution in [3.63, 3.8) is 0 Å². The number of benzene rings is 2. The van der Waals surface area contributed by atoms with Gasteiger partial charge in [0, 0.05) is 12.7 Å². The van der Waals surface area contributed by atoms with Gasteiger partial charge in [-0.3, -0.25) is 9.59 Å². The topological polar surface area (TPSA) is 88.9 Å². The molecule has 1 aromatic heterocycles. The Kier molecular flexibility index (Phi) is 7.29. The molecule has 0 saturated carbocycles. The van der Waals surface area contributed by atoms with E-state index in [1.165, 1.54) is 23.9 Å². The Hall–Kier alpha value is -2.91. The van der Waals surface area contributed by atoms with Crippen molar-refractivity contribution >= 4 is 40.9 Å². The highest BCUT2D eigenvalue weighted by Gasteiger charge is 2.20. The van der Waals surface area contributed by atoms with Gasteiger partial charge in [-0.2, -0.15) is 0 Å². The minimum absolute atomic E-state index is 0.0717. The molecule has 0 aliphatic rings. The van der Waals surface area contributed by atoms with Gasteiger partial charge in [-0.15, -0.1) is 10.2 Å². The fourth-order valence-electron chi connectivity index (χ4n) is 2.86. The third kappa shape index (κ3) is 5.62.